The normalized spacial score (nSPS) is 11.5. The molecule has 0 amide bonds. The van der Waals surface area contributed by atoms with Gasteiger partial charge >= 0.3 is 0 Å². The number of halogens is 2. The van der Waals surface area contributed by atoms with Crippen molar-refractivity contribution in [3.8, 4) is 0 Å². The lowest BCUT2D eigenvalue weighted by Gasteiger charge is -2.19. The number of rotatable bonds is 1. The summed E-state index contributed by atoms with van der Waals surface area (Å²) in [4.78, 5) is 8.71. The minimum absolute atomic E-state index is 0. The van der Waals surface area contributed by atoms with Crippen LogP contribution in [0.2, 0.25) is 0 Å². The van der Waals surface area contributed by atoms with Crippen molar-refractivity contribution in [1.29, 1.82) is 0 Å². The van der Waals surface area contributed by atoms with Crippen LogP contribution in [0.25, 0.3) is 11.2 Å². The van der Waals surface area contributed by atoms with Crippen LogP contribution < -0.4 is 5.73 Å². The summed E-state index contributed by atoms with van der Waals surface area (Å²) >= 11 is 3.36. The fourth-order valence-corrected chi connectivity index (χ4v) is 1.93. The molecule has 0 bridgehead atoms. The third-order valence-corrected chi connectivity index (χ3v) is 2.66. The lowest BCUT2D eigenvalue weighted by Crippen LogP contribution is -2.17. The zero-order valence-electron chi connectivity index (χ0n) is 10.1. The number of nitrogens with two attached hydrogens (primary N) is 1. The summed E-state index contributed by atoms with van der Waals surface area (Å²) in [6.07, 6.45) is 0. The van der Waals surface area contributed by atoms with E-state index in [2.05, 4.69) is 46.7 Å². The second-order valence-electron chi connectivity index (χ2n) is 5.09. The smallest absolute Gasteiger partial charge is 0.202 e. The Bertz CT molecular complexity index is 528. The molecular formula is C11H16Br2N4. The van der Waals surface area contributed by atoms with Crippen molar-refractivity contribution in [2.75, 3.05) is 5.73 Å². The molecule has 0 fully saturated rings. The highest BCUT2D eigenvalue weighted by Crippen LogP contribution is 2.24. The predicted molar refractivity (Wildman–Crippen MR) is 79.4 cm³/mol. The molecule has 0 aliphatic carbocycles. The molecule has 6 heteroatoms. The molecule has 0 saturated carbocycles. The Balaban J connectivity index is 0.00000144. The summed E-state index contributed by atoms with van der Waals surface area (Å²) in [7, 11) is 0. The van der Waals surface area contributed by atoms with E-state index in [9.17, 15) is 0 Å². The van der Waals surface area contributed by atoms with Gasteiger partial charge in [0, 0.05) is 6.54 Å². The number of imidazole rings is 1. The summed E-state index contributed by atoms with van der Waals surface area (Å²) in [5, 5.41) is 0. The Kier molecular flexibility index (Phi) is 4.19. The van der Waals surface area contributed by atoms with Gasteiger partial charge in [0.2, 0.25) is 5.95 Å². The number of aromatic nitrogens is 3. The first-order valence-electron chi connectivity index (χ1n) is 5.15. The average molecular weight is 364 g/mol. The number of anilines is 1. The van der Waals surface area contributed by atoms with E-state index in [1.807, 2.05) is 16.7 Å². The second kappa shape index (κ2) is 4.94. The first-order chi connectivity index (χ1) is 7.37. The molecule has 0 radical (unpaired) electrons. The lowest BCUT2D eigenvalue weighted by molar-refractivity contribution is 0.350. The first kappa shape index (κ1) is 14.4. The van der Waals surface area contributed by atoms with Crippen LogP contribution in [0.5, 0.6) is 0 Å². The van der Waals surface area contributed by atoms with Crippen molar-refractivity contribution < 1.29 is 0 Å². The van der Waals surface area contributed by atoms with Gasteiger partial charge in [-0.3, -0.25) is 4.57 Å². The third kappa shape index (κ3) is 3.19. The summed E-state index contributed by atoms with van der Waals surface area (Å²) in [5.41, 5.74) is 7.72. The average Bonchev–Trinajstić information content (AvgIpc) is 2.42. The predicted octanol–water partition coefficient (Wildman–Crippen LogP) is 3.40. The Labute approximate surface area is 120 Å². The van der Waals surface area contributed by atoms with E-state index in [1.165, 1.54) is 0 Å². The number of hydrogen-bond donors (Lipinski definition) is 1. The van der Waals surface area contributed by atoms with Crippen LogP contribution >= 0.6 is 32.9 Å². The first-order valence-corrected chi connectivity index (χ1v) is 5.94. The van der Waals surface area contributed by atoms with Crippen LogP contribution in [0.3, 0.4) is 0 Å². The Morgan fingerprint density at radius 3 is 2.53 bits per heavy atom. The number of hydrogen-bond acceptors (Lipinski definition) is 3. The molecule has 2 heterocycles. The number of fused-ring (bicyclic) bond motifs is 1. The van der Waals surface area contributed by atoms with E-state index >= 15 is 0 Å². The molecule has 0 aliphatic rings. The molecule has 0 spiro atoms. The van der Waals surface area contributed by atoms with E-state index in [0.29, 0.717) is 5.95 Å². The van der Waals surface area contributed by atoms with Gasteiger partial charge in [-0.05, 0) is 33.5 Å². The van der Waals surface area contributed by atoms with Crippen LogP contribution in [0.1, 0.15) is 20.8 Å². The SMILES string of the molecule is Br.CC(C)(C)Cn1c(N)nc2ccc(Br)nc21. The fraction of sp³-hybridized carbons (Fsp3) is 0.455. The Morgan fingerprint density at radius 2 is 1.94 bits per heavy atom. The monoisotopic (exact) mass is 362 g/mol. The van der Waals surface area contributed by atoms with Crippen molar-refractivity contribution >= 4 is 50.0 Å². The van der Waals surface area contributed by atoms with E-state index in [-0.39, 0.29) is 22.4 Å². The van der Waals surface area contributed by atoms with Crippen molar-refractivity contribution in [3.63, 3.8) is 0 Å². The second-order valence-corrected chi connectivity index (χ2v) is 5.91. The van der Waals surface area contributed by atoms with Crippen LogP contribution in [0.4, 0.5) is 5.95 Å². The zero-order chi connectivity index (χ0) is 11.9. The molecule has 17 heavy (non-hydrogen) atoms. The van der Waals surface area contributed by atoms with Gasteiger partial charge in [0.15, 0.2) is 5.65 Å². The quantitative estimate of drug-likeness (QED) is 0.790. The van der Waals surface area contributed by atoms with E-state index in [4.69, 9.17) is 5.73 Å². The summed E-state index contributed by atoms with van der Waals surface area (Å²) in [6.45, 7) is 7.29. The van der Waals surface area contributed by atoms with Gasteiger partial charge in [-0.2, -0.15) is 0 Å². The van der Waals surface area contributed by atoms with Crippen molar-refractivity contribution in [2.45, 2.75) is 27.3 Å². The summed E-state index contributed by atoms with van der Waals surface area (Å²) < 4.78 is 2.76. The molecule has 0 aliphatic heterocycles. The fourth-order valence-electron chi connectivity index (χ4n) is 1.63. The van der Waals surface area contributed by atoms with E-state index in [0.717, 1.165) is 22.3 Å². The molecule has 94 valence electrons. The highest BCUT2D eigenvalue weighted by Gasteiger charge is 2.17. The topological polar surface area (TPSA) is 56.7 Å². The van der Waals surface area contributed by atoms with Crippen molar-refractivity contribution in [2.24, 2.45) is 5.41 Å². The van der Waals surface area contributed by atoms with Gasteiger partial charge < -0.3 is 5.73 Å². The zero-order valence-corrected chi connectivity index (χ0v) is 13.4. The molecule has 0 atom stereocenters. The molecule has 2 aromatic heterocycles. The maximum atomic E-state index is 5.91. The number of nitrogen functional groups attached to an aromatic ring is 1. The molecular weight excluding hydrogens is 348 g/mol. The minimum Gasteiger partial charge on any atom is -0.369 e. The summed E-state index contributed by atoms with van der Waals surface area (Å²) in [5.74, 6) is 0.524. The number of pyridine rings is 1. The molecule has 2 aromatic rings. The van der Waals surface area contributed by atoms with Crippen molar-refractivity contribution in [3.05, 3.63) is 16.7 Å². The molecule has 0 aromatic carbocycles. The van der Waals surface area contributed by atoms with Crippen LogP contribution in [0, 0.1) is 5.41 Å². The Morgan fingerprint density at radius 1 is 1.29 bits per heavy atom. The maximum absolute atomic E-state index is 5.91. The van der Waals surface area contributed by atoms with Gasteiger partial charge in [-0.25, -0.2) is 9.97 Å². The standard InChI is InChI=1S/C11H15BrN4.BrH/c1-11(2,3)6-16-9-7(14-10(16)13)4-5-8(12)15-9;/h4-5H,6H2,1-3H3,(H2,13,14);1H. The highest BCUT2D eigenvalue weighted by atomic mass is 79.9. The highest BCUT2D eigenvalue weighted by molar-refractivity contribution is 9.10. The van der Waals surface area contributed by atoms with Gasteiger partial charge in [-0.1, -0.05) is 20.8 Å². The van der Waals surface area contributed by atoms with E-state index < -0.39 is 0 Å². The van der Waals surface area contributed by atoms with Gasteiger partial charge in [0.25, 0.3) is 0 Å². The Hall–Kier alpha value is -0.620. The van der Waals surface area contributed by atoms with Crippen molar-refractivity contribution in [1.82, 2.24) is 14.5 Å². The van der Waals surface area contributed by atoms with Crippen LogP contribution in [0.15, 0.2) is 16.7 Å². The van der Waals surface area contributed by atoms with Gasteiger partial charge in [0.1, 0.15) is 10.1 Å². The minimum atomic E-state index is 0. The molecule has 2 rings (SSSR count). The van der Waals surface area contributed by atoms with Crippen LogP contribution in [-0.4, -0.2) is 14.5 Å². The number of nitrogens with zero attached hydrogens (tertiary/aromatic N) is 3. The molecule has 4 nitrogen and oxygen atoms in total. The summed E-state index contributed by atoms with van der Waals surface area (Å²) in [6, 6.07) is 3.79. The molecule has 0 unspecified atom stereocenters. The van der Waals surface area contributed by atoms with Crippen LogP contribution in [-0.2, 0) is 6.54 Å². The third-order valence-electron chi connectivity index (χ3n) is 2.22. The van der Waals surface area contributed by atoms with E-state index in [1.54, 1.807) is 0 Å². The molecule has 0 saturated heterocycles. The molecule has 2 N–H and O–H groups in total. The van der Waals surface area contributed by atoms with Gasteiger partial charge in [0.05, 0.1) is 0 Å². The maximum Gasteiger partial charge on any atom is 0.202 e. The largest absolute Gasteiger partial charge is 0.369 e. The lowest BCUT2D eigenvalue weighted by atomic mass is 9.97. The van der Waals surface area contributed by atoms with Gasteiger partial charge in [-0.15, -0.1) is 17.0 Å².